The van der Waals surface area contributed by atoms with Crippen LogP contribution in [0.2, 0.25) is 0 Å². The van der Waals surface area contributed by atoms with Gasteiger partial charge in [0.1, 0.15) is 0 Å². The molecule has 0 aromatic heterocycles. The van der Waals surface area contributed by atoms with Crippen LogP contribution in [0, 0.1) is 0 Å². The average molecular weight is 248 g/mol. The second-order valence-corrected chi connectivity index (χ2v) is 5.49. The number of hydrogen-bond acceptors (Lipinski definition) is 0. The van der Waals surface area contributed by atoms with Gasteiger partial charge in [-0.3, -0.25) is 5.32 Å². The summed E-state index contributed by atoms with van der Waals surface area (Å²) in [5.41, 5.74) is 2.68. The molecule has 18 heavy (non-hydrogen) atoms. The Morgan fingerprint density at radius 3 is 1.89 bits per heavy atom. The van der Waals surface area contributed by atoms with Gasteiger partial charge in [-0.1, -0.05) is 64.7 Å². The molecule has 0 N–H and O–H groups in total. The fraction of sp³-hybridized carbons (Fsp3) is 0.765. The van der Waals surface area contributed by atoms with E-state index in [2.05, 4.69) is 25.2 Å². The van der Waals surface area contributed by atoms with Crippen LogP contribution >= 0.6 is 0 Å². The first-order valence-electron chi connectivity index (χ1n) is 7.91. The van der Waals surface area contributed by atoms with Gasteiger partial charge in [0, 0.05) is 11.9 Å². The summed E-state index contributed by atoms with van der Waals surface area (Å²) in [6, 6.07) is 0. The van der Waals surface area contributed by atoms with Gasteiger partial charge in [0.05, 0.1) is 0 Å². The minimum Gasteiger partial charge on any atom is -0.261 e. The molecule has 1 aliphatic rings. The van der Waals surface area contributed by atoms with Crippen molar-refractivity contribution in [1.29, 1.82) is 0 Å². The van der Waals surface area contributed by atoms with E-state index in [-0.39, 0.29) is 0 Å². The summed E-state index contributed by atoms with van der Waals surface area (Å²) in [5.74, 6) is 0. The molecule has 0 unspecified atom stereocenters. The number of hydrogen-bond donors (Lipinski definition) is 0. The topological polar surface area (TPSA) is 14.1 Å². The Morgan fingerprint density at radius 1 is 0.833 bits per heavy atom. The lowest BCUT2D eigenvalue weighted by Gasteiger charge is -2.03. The molecule has 0 aromatic carbocycles. The molecule has 103 valence electrons. The van der Waals surface area contributed by atoms with Gasteiger partial charge in [-0.05, 0) is 31.4 Å². The molecule has 1 heteroatoms. The zero-order chi connectivity index (χ0) is 13.1. The molecule has 0 bridgehead atoms. The van der Waals surface area contributed by atoms with Crippen LogP contribution in [-0.2, 0) is 0 Å². The summed E-state index contributed by atoms with van der Waals surface area (Å²) in [6.45, 7) is 4.40. The molecule has 0 fully saturated rings. The molecule has 0 amide bonds. The average Bonchev–Trinajstić information content (AvgIpc) is 2.77. The van der Waals surface area contributed by atoms with Crippen LogP contribution < -0.4 is 5.32 Å². The Balaban J connectivity index is 1.82. The molecule has 0 atom stereocenters. The van der Waals surface area contributed by atoms with E-state index in [1.807, 2.05) is 6.20 Å². The number of nitrogens with zero attached hydrogens (tertiary/aromatic N) is 1. The maximum atomic E-state index is 4.28. The van der Waals surface area contributed by atoms with Crippen molar-refractivity contribution in [3.8, 4) is 0 Å². The van der Waals surface area contributed by atoms with Gasteiger partial charge in [0.15, 0.2) is 0 Å². The van der Waals surface area contributed by atoms with E-state index in [0.29, 0.717) is 0 Å². The van der Waals surface area contributed by atoms with Crippen LogP contribution in [0.5, 0.6) is 0 Å². The quantitative estimate of drug-likeness (QED) is 0.416. The smallest absolute Gasteiger partial charge is 0.0405 e. The zero-order valence-electron chi connectivity index (χ0n) is 12.4. The lowest BCUT2D eigenvalue weighted by Crippen LogP contribution is -1.89. The van der Waals surface area contributed by atoms with E-state index < -0.39 is 0 Å². The highest BCUT2D eigenvalue weighted by molar-refractivity contribution is 5.29. The second-order valence-electron chi connectivity index (χ2n) is 5.49. The summed E-state index contributed by atoms with van der Waals surface area (Å²) >= 11 is 0. The van der Waals surface area contributed by atoms with E-state index in [9.17, 15) is 0 Å². The molecular formula is C17H30N. The van der Waals surface area contributed by atoms with E-state index in [1.165, 1.54) is 81.9 Å². The third-order valence-corrected chi connectivity index (χ3v) is 3.81. The van der Waals surface area contributed by atoms with Gasteiger partial charge in [-0.2, -0.15) is 0 Å². The van der Waals surface area contributed by atoms with Crippen LogP contribution in [-0.4, -0.2) is 0 Å². The van der Waals surface area contributed by atoms with Crippen LogP contribution in [0.3, 0.4) is 0 Å². The molecule has 1 rings (SSSR count). The van der Waals surface area contributed by atoms with Crippen LogP contribution in [0.25, 0.3) is 0 Å². The standard InChI is InChI=1S/C17H30N/c1-3-4-5-6-7-8-9-10-11-12-13-17-14-15-18-16(17)2/h14-15H,3-13H2,1-2H3. The molecule has 0 spiro atoms. The maximum absolute atomic E-state index is 4.28. The molecule has 1 aliphatic heterocycles. The molecule has 1 radical (unpaired) electrons. The monoisotopic (exact) mass is 248 g/mol. The predicted molar refractivity (Wildman–Crippen MR) is 80.4 cm³/mol. The van der Waals surface area contributed by atoms with Gasteiger partial charge >= 0.3 is 0 Å². The summed E-state index contributed by atoms with van der Waals surface area (Å²) in [5, 5.41) is 4.28. The van der Waals surface area contributed by atoms with E-state index in [4.69, 9.17) is 0 Å². The van der Waals surface area contributed by atoms with Crippen molar-refractivity contribution in [1.82, 2.24) is 5.32 Å². The molecule has 0 aliphatic carbocycles. The first kappa shape index (κ1) is 15.3. The fourth-order valence-corrected chi connectivity index (χ4v) is 2.51. The highest BCUT2D eigenvalue weighted by Crippen LogP contribution is 2.19. The van der Waals surface area contributed by atoms with Gasteiger partial charge in [-0.15, -0.1) is 0 Å². The molecule has 0 aromatic rings. The van der Waals surface area contributed by atoms with Gasteiger partial charge in [-0.25, -0.2) is 0 Å². The van der Waals surface area contributed by atoms with Crippen molar-refractivity contribution < 1.29 is 0 Å². The SMILES string of the molecule is CCCCCCCCCCCCC1=C(C)[N]C=C1. The Kier molecular flexibility index (Phi) is 8.71. The second kappa shape index (κ2) is 10.2. The van der Waals surface area contributed by atoms with Gasteiger partial charge in [0.25, 0.3) is 0 Å². The van der Waals surface area contributed by atoms with Crippen LogP contribution in [0.15, 0.2) is 23.5 Å². The third-order valence-electron chi connectivity index (χ3n) is 3.81. The summed E-state index contributed by atoms with van der Waals surface area (Å²) in [6.07, 6.45) is 19.5. The summed E-state index contributed by atoms with van der Waals surface area (Å²) in [4.78, 5) is 0. The zero-order valence-corrected chi connectivity index (χ0v) is 12.4. The lowest BCUT2D eigenvalue weighted by molar-refractivity contribution is 0.556. The first-order valence-corrected chi connectivity index (χ1v) is 7.91. The van der Waals surface area contributed by atoms with Crippen molar-refractivity contribution in [3.05, 3.63) is 23.5 Å². The molecular weight excluding hydrogens is 218 g/mol. The largest absolute Gasteiger partial charge is 0.261 e. The van der Waals surface area contributed by atoms with Crippen LogP contribution in [0.1, 0.15) is 84.5 Å². The lowest BCUT2D eigenvalue weighted by atomic mass is 10.0. The minimum absolute atomic E-state index is 1.22. The fourth-order valence-electron chi connectivity index (χ4n) is 2.51. The Bertz CT molecular complexity index is 263. The number of unbranched alkanes of at least 4 members (excludes halogenated alkanes) is 9. The Labute approximate surface area is 114 Å². The molecule has 0 saturated carbocycles. The summed E-state index contributed by atoms with van der Waals surface area (Å²) in [7, 11) is 0. The Morgan fingerprint density at radius 2 is 1.39 bits per heavy atom. The van der Waals surface area contributed by atoms with Crippen molar-refractivity contribution >= 4 is 0 Å². The van der Waals surface area contributed by atoms with Gasteiger partial charge < -0.3 is 0 Å². The number of rotatable bonds is 11. The highest BCUT2D eigenvalue weighted by atomic mass is 14.9. The van der Waals surface area contributed by atoms with Crippen molar-refractivity contribution in [3.63, 3.8) is 0 Å². The maximum Gasteiger partial charge on any atom is 0.0405 e. The van der Waals surface area contributed by atoms with Crippen molar-refractivity contribution in [2.45, 2.75) is 84.5 Å². The van der Waals surface area contributed by atoms with E-state index in [1.54, 1.807) is 0 Å². The summed E-state index contributed by atoms with van der Waals surface area (Å²) < 4.78 is 0. The van der Waals surface area contributed by atoms with Gasteiger partial charge in [0.2, 0.25) is 0 Å². The molecule has 1 nitrogen and oxygen atoms in total. The molecule has 0 saturated heterocycles. The van der Waals surface area contributed by atoms with Crippen molar-refractivity contribution in [2.24, 2.45) is 0 Å². The molecule has 1 heterocycles. The third kappa shape index (κ3) is 6.88. The van der Waals surface area contributed by atoms with E-state index >= 15 is 0 Å². The van der Waals surface area contributed by atoms with Crippen LogP contribution in [0.4, 0.5) is 0 Å². The Hall–Kier alpha value is -0.720. The highest BCUT2D eigenvalue weighted by Gasteiger charge is 2.04. The normalized spacial score (nSPS) is 14.3. The first-order chi connectivity index (χ1) is 8.84. The van der Waals surface area contributed by atoms with E-state index in [0.717, 1.165) is 0 Å². The number of allylic oxidation sites excluding steroid dienone is 3. The predicted octanol–water partition coefficient (Wildman–Crippen LogP) is 5.70. The van der Waals surface area contributed by atoms with Crippen molar-refractivity contribution in [2.75, 3.05) is 0 Å². The minimum atomic E-state index is 1.22.